The Morgan fingerprint density at radius 1 is 1.40 bits per heavy atom. The summed E-state index contributed by atoms with van der Waals surface area (Å²) in [5, 5.41) is 0. The van der Waals surface area contributed by atoms with Crippen LogP contribution in [0.4, 0.5) is 0 Å². The first-order chi connectivity index (χ1) is 4.72. The van der Waals surface area contributed by atoms with Crippen LogP contribution in [-0.4, -0.2) is 0 Å². The minimum Gasteiger partial charge on any atom is -0.0991 e. The van der Waals surface area contributed by atoms with E-state index in [9.17, 15) is 0 Å². The largest absolute Gasteiger partial charge is 0.0991 e. The molecule has 0 aliphatic heterocycles. The SMILES string of the molecule is C=CC=C(C)C(=C)C=CC. The molecule has 0 bridgehead atoms. The fourth-order valence-electron chi connectivity index (χ4n) is 0.616. The molecule has 54 valence electrons. The minimum absolute atomic E-state index is 1.04. The van der Waals surface area contributed by atoms with Crippen molar-refractivity contribution in [2.75, 3.05) is 0 Å². The zero-order valence-electron chi connectivity index (χ0n) is 6.72. The Morgan fingerprint density at radius 2 is 2.00 bits per heavy atom. The van der Waals surface area contributed by atoms with Gasteiger partial charge in [0.1, 0.15) is 0 Å². The Morgan fingerprint density at radius 3 is 2.40 bits per heavy atom. The molecule has 0 spiro atoms. The molecule has 0 aromatic rings. The maximum absolute atomic E-state index is 3.86. The Balaban J connectivity index is 4.21. The van der Waals surface area contributed by atoms with Gasteiger partial charge in [0.05, 0.1) is 0 Å². The van der Waals surface area contributed by atoms with Gasteiger partial charge in [-0.25, -0.2) is 0 Å². The molecule has 10 heavy (non-hydrogen) atoms. The Bertz CT molecular complexity index is 180. The van der Waals surface area contributed by atoms with Crippen LogP contribution in [0.25, 0.3) is 0 Å². The lowest BCUT2D eigenvalue weighted by atomic mass is 10.1. The second kappa shape index (κ2) is 4.80. The predicted molar refractivity (Wildman–Crippen MR) is 47.9 cm³/mol. The molecule has 0 heterocycles. The molecule has 0 radical (unpaired) electrons. The van der Waals surface area contributed by atoms with Gasteiger partial charge in [0.2, 0.25) is 0 Å². The molecule has 0 heteroatoms. The van der Waals surface area contributed by atoms with E-state index in [2.05, 4.69) is 13.2 Å². The maximum Gasteiger partial charge on any atom is -0.0303 e. The normalized spacial score (nSPS) is 12.0. The molecular formula is C10H14. The Labute approximate surface area is 63.3 Å². The van der Waals surface area contributed by atoms with Crippen LogP contribution < -0.4 is 0 Å². The summed E-state index contributed by atoms with van der Waals surface area (Å²) >= 11 is 0. The molecule has 0 amide bonds. The highest BCUT2D eigenvalue weighted by molar-refractivity contribution is 5.37. The number of rotatable bonds is 3. The van der Waals surface area contributed by atoms with E-state index in [1.165, 1.54) is 0 Å². The predicted octanol–water partition coefficient (Wildman–Crippen LogP) is 3.25. The first-order valence-electron chi connectivity index (χ1n) is 3.33. The lowest BCUT2D eigenvalue weighted by molar-refractivity contribution is 1.44. The fraction of sp³-hybridized carbons (Fsp3) is 0.200. The highest BCUT2D eigenvalue weighted by Crippen LogP contribution is 2.07. The van der Waals surface area contributed by atoms with Crippen LogP contribution in [0.3, 0.4) is 0 Å². The molecule has 0 aliphatic rings. The third-order valence-corrected chi connectivity index (χ3v) is 1.24. The molecule has 0 saturated heterocycles. The van der Waals surface area contributed by atoms with Crippen molar-refractivity contribution in [3.05, 3.63) is 48.6 Å². The number of hydrogen-bond donors (Lipinski definition) is 0. The van der Waals surface area contributed by atoms with Crippen molar-refractivity contribution in [1.82, 2.24) is 0 Å². The third kappa shape index (κ3) is 3.08. The van der Waals surface area contributed by atoms with E-state index in [1.807, 2.05) is 32.1 Å². The van der Waals surface area contributed by atoms with Crippen LogP contribution in [0.1, 0.15) is 13.8 Å². The van der Waals surface area contributed by atoms with Gasteiger partial charge < -0.3 is 0 Å². The van der Waals surface area contributed by atoms with Gasteiger partial charge in [-0.1, -0.05) is 37.5 Å². The highest BCUT2D eigenvalue weighted by Gasteiger charge is 1.87. The van der Waals surface area contributed by atoms with Crippen LogP contribution in [0.5, 0.6) is 0 Å². The quantitative estimate of drug-likeness (QED) is 0.520. The summed E-state index contributed by atoms with van der Waals surface area (Å²) in [6, 6.07) is 0. The molecule has 0 aromatic carbocycles. The first-order valence-corrected chi connectivity index (χ1v) is 3.33. The second-order valence-corrected chi connectivity index (χ2v) is 2.11. The van der Waals surface area contributed by atoms with Crippen LogP contribution in [0, 0.1) is 0 Å². The number of hydrogen-bond acceptors (Lipinski definition) is 0. The average Bonchev–Trinajstić information content (AvgIpc) is 1.89. The first kappa shape index (κ1) is 8.96. The molecule has 0 unspecified atom stereocenters. The van der Waals surface area contributed by atoms with E-state index in [1.54, 1.807) is 6.08 Å². The lowest BCUT2D eigenvalue weighted by Crippen LogP contribution is -1.75. The van der Waals surface area contributed by atoms with Crippen LogP contribution in [-0.2, 0) is 0 Å². The smallest absolute Gasteiger partial charge is 0.0303 e. The van der Waals surface area contributed by atoms with Crippen LogP contribution in [0.15, 0.2) is 48.6 Å². The summed E-state index contributed by atoms with van der Waals surface area (Å²) < 4.78 is 0. The summed E-state index contributed by atoms with van der Waals surface area (Å²) in [5.74, 6) is 0. The molecule has 0 rings (SSSR count). The summed E-state index contributed by atoms with van der Waals surface area (Å²) in [6.07, 6.45) is 7.67. The van der Waals surface area contributed by atoms with Crippen molar-refractivity contribution in [3.8, 4) is 0 Å². The van der Waals surface area contributed by atoms with Crippen LogP contribution >= 0.6 is 0 Å². The van der Waals surface area contributed by atoms with Gasteiger partial charge in [-0.3, -0.25) is 0 Å². The van der Waals surface area contributed by atoms with Crippen molar-refractivity contribution in [2.45, 2.75) is 13.8 Å². The van der Waals surface area contributed by atoms with E-state index < -0.39 is 0 Å². The molecule has 0 aliphatic carbocycles. The summed E-state index contributed by atoms with van der Waals surface area (Å²) in [6.45, 7) is 11.5. The third-order valence-electron chi connectivity index (χ3n) is 1.24. The van der Waals surface area contributed by atoms with Crippen molar-refractivity contribution >= 4 is 0 Å². The van der Waals surface area contributed by atoms with Gasteiger partial charge in [0.15, 0.2) is 0 Å². The molecular weight excluding hydrogens is 120 g/mol. The zero-order chi connectivity index (χ0) is 7.98. The zero-order valence-corrected chi connectivity index (χ0v) is 6.72. The van der Waals surface area contributed by atoms with E-state index in [0.29, 0.717) is 0 Å². The summed E-state index contributed by atoms with van der Waals surface area (Å²) in [5.41, 5.74) is 2.20. The highest BCUT2D eigenvalue weighted by atomic mass is 13.9. The van der Waals surface area contributed by atoms with Crippen molar-refractivity contribution in [1.29, 1.82) is 0 Å². The topological polar surface area (TPSA) is 0 Å². The van der Waals surface area contributed by atoms with Crippen molar-refractivity contribution < 1.29 is 0 Å². The van der Waals surface area contributed by atoms with Gasteiger partial charge in [-0.2, -0.15) is 0 Å². The van der Waals surface area contributed by atoms with E-state index in [0.717, 1.165) is 11.1 Å². The van der Waals surface area contributed by atoms with Crippen molar-refractivity contribution in [2.24, 2.45) is 0 Å². The minimum atomic E-state index is 1.04. The molecule has 0 N–H and O–H groups in total. The average molecular weight is 134 g/mol. The second-order valence-electron chi connectivity index (χ2n) is 2.11. The Kier molecular flexibility index (Phi) is 4.30. The van der Waals surface area contributed by atoms with Gasteiger partial charge in [-0.05, 0) is 25.0 Å². The van der Waals surface area contributed by atoms with E-state index in [4.69, 9.17) is 0 Å². The molecule has 0 nitrogen and oxygen atoms in total. The molecule has 0 fully saturated rings. The van der Waals surface area contributed by atoms with Gasteiger partial charge in [0, 0.05) is 0 Å². The number of allylic oxidation sites excluding steroid dienone is 6. The molecule has 0 aromatic heterocycles. The fourth-order valence-corrected chi connectivity index (χ4v) is 0.616. The summed E-state index contributed by atoms with van der Waals surface area (Å²) in [7, 11) is 0. The van der Waals surface area contributed by atoms with Crippen LogP contribution in [0.2, 0.25) is 0 Å². The van der Waals surface area contributed by atoms with Gasteiger partial charge >= 0.3 is 0 Å². The van der Waals surface area contributed by atoms with E-state index >= 15 is 0 Å². The molecule has 0 atom stereocenters. The van der Waals surface area contributed by atoms with Gasteiger partial charge in [-0.15, -0.1) is 0 Å². The molecule has 0 saturated carbocycles. The maximum atomic E-state index is 3.86. The monoisotopic (exact) mass is 134 g/mol. The van der Waals surface area contributed by atoms with Gasteiger partial charge in [0.25, 0.3) is 0 Å². The Hall–Kier alpha value is -1.04. The lowest BCUT2D eigenvalue weighted by Gasteiger charge is -1.95. The summed E-state index contributed by atoms with van der Waals surface area (Å²) in [4.78, 5) is 0. The standard InChI is InChI=1S/C10H14/c1-5-7-9(3)10(4)8-6-2/h5-8H,1,4H2,2-3H3. The van der Waals surface area contributed by atoms with Crippen molar-refractivity contribution in [3.63, 3.8) is 0 Å². The van der Waals surface area contributed by atoms with E-state index in [-0.39, 0.29) is 0 Å².